The van der Waals surface area contributed by atoms with Gasteiger partial charge in [0.15, 0.2) is 0 Å². The number of carbonyl (C=O) groups excluding carboxylic acids is 1. The molecule has 1 aliphatic rings. The fourth-order valence-electron chi connectivity index (χ4n) is 3.18. The van der Waals surface area contributed by atoms with Crippen LogP contribution in [0.25, 0.3) is 0 Å². The zero-order valence-corrected chi connectivity index (χ0v) is 14.0. The lowest BCUT2D eigenvalue weighted by molar-refractivity contribution is 0.113. The van der Waals surface area contributed by atoms with Gasteiger partial charge in [0.2, 0.25) is 0 Å². The number of aryl methyl sites for hydroxylation is 2. The number of carbonyl (C=O) groups is 1. The molecule has 2 rings (SSSR count). The molecule has 5 nitrogen and oxygen atoms in total. The Balaban J connectivity index is 1.72. The van der Waals surface area contributed by atoms with E-state index in [2.05, 4.69) is 16.0 Å². The van der Waals surface area contributed by atoms with Crippen LogP contribution in [0.3, 0.4) is 0 Å². The van der Waals surface area contributed by atoms with Crippen molar-refractivity contribution >= 4 is 6.03 Å². The standard InChI is InChI=1S/C17H29N3O2/c1-13(9-10-15-7-5-11-19(15)2)18-17(22)20(3)12-14-6-4-8-16(14)21/h5,7,11,13-14,16,21H,4,6,8-10,12H2,1-3H3,(H,18,22). The first-order valence-electron chi connectivity index (χ1n) is 8.27. The molecule has 1 saturated carbocycles. The van der Waals surface area contributed by atoms with Crippen molar-refractivity contribution in [1.29, 1.82) is 0 Å². The van der Waals surface area contributed by atoms with Crippen molar-refractivity contribution in [2.24, 2.45) is 13.0 Å². The van der Waals surface area contributed by atoms with E-state index >= 15 is 0 Å². The summed E-state index contributed by atoms with van der Waals surface area (Å²) in [7, 11) is 3.85. The van der Waals surface area contributed by atoms with Crippen molar-refractivity contribution in [1.82, 2.24) is 14.8 Å². The molecule has 1 aromatic heterocycles. The van der Waals surface area contributed by atoms with Gasteiger partial charge in [-0.05, 0) is 44.7 Å². The van der Waals surface area contributed by atoms with E-state index in [-0.39, 0.29) is 24.1 Å². The zero-order chi connectivity index (χ0) is 16.1. The number of aliphatic hydroxyl groups is 1. The minimum absolute atomic E-state index is 0.0431. The van der Waals surface area contributed by atoms with Gasteiger partial charge in [-0.2, -0.15) is 0 Å². The first-order chi connectivity index (χ1) is 10.5. The fourth-order valence-corrected chi connectivity index (χ4v) is 3.18. The molecule has 0 aromatic carbocycles. The van der Waals surface area contributed by atoms with Crippen LogP contribution < -0.4 is 5.32 Å². The third-order valence-electron chi connectivity index (χ3n) is 4.73. The van der Waals surface area contributed by atoms with Gasteiger partial charge >= 0.3 is 6.03 Å². The Bertz CT molecular complexity index is 486. The molecule has 0 bridgehead atoms. The monoisotopic (exact) mass is 307 g/mol. The molecule has 0 aliphatic heterocycles. The highest BCUT2D eigenvalue weighted by Crippen LogP contribution is 2.25. The van der Waals surface area contributed by atoms with Gasteiger partial charge in [-0.15, -0.1) is 0 Å². The van der Waals surface area contributed by atoms with Crippen LogP contribution in [-0.4, -0.2) is 46.3 Å². The van der Waals surface area contributed by atoms with Gasteiger partial charge in [0, 0.05) is 44.5 Å². The number of amides is 2. The van der Waals surface area contributed by atoms with Gasteiger partial charge in [0.1, 0.15) is 0 Å². The third-order valence-corrected chi connectivity index (χ3v) is 4.73. The Kier molecular flexibility index (Phi) is 5.89. The largest absolute Gasteiger partial charge is 0.393 e. The highest BCUT2D eigenvalue weighted by atomic mass is 16.3. The highest BCUT2D eigenvalue weighted by Gasteiger charge is 2.27. The molecule has 0 radical (unpaired) electrons. The molecule has 1 aromatic rings. The van der Waals surface area contributed by atoms with Crippen LogP contribution in [-0.2, 0) is 13.5 Å². The van der Waals surface area contributed by atoms with Crippen molar-refractivity contribution in [3.05, 3.63) is 24.0 Å². The van der Waals surface area contributed by atoms with Crippen molar-refractivity contribution in [2.75, 3.05) is 13.6 Å². The van der Waals surface area contributed by atoms with E-state index in [9.17, 15) is 9.90 Å². The minimum atomic E-state index is -0.245. The first kappa shape index (κ1) is 16.9. The molecule has 2 N–H and O–H groups in total. The predicted octanol–water partition coefficient (Wildman–Crippen LogP) is 2.15. The number of rotatable bonds is 6. The van der Waals surface area contributed by atoms with Gasteiger partial charge < -0.3 is 19.9 Å². The van der Waals surface area contributed by atoms with E-state index < -0.39 is 0 Å². The molecule has 22 heavy (non-hydrogen) atoms. The molecule has 1 heterocycles. The molecule has 1 fully saturated rings. The van der Waals surface area contributed by atoms with E-state index in [0.717, 1.165) is 32.1 Å². The lowest BCUT2D eigenvalue weighted by Crippen LogP contribution is -2.44. The summed E-state index contributed by atoms with van der Waals surface area (Å²) in [4.78, 5) is 13.9. The summed E-state index contributed by atoms with van der Waals surface area (Å²) in [5.41, 5.74) is 1.28. The van der Waals surface area contributed by atoms with Crippen LogP contribution in [0.4, 0.5) is 4.79 Å². The van der Waals surface area contributed by atoms with Crippen LogP contribution in [0.15, 0.2) is 18.3 Å². The van der Waals surface area contributed by atoms with Gasteiger partial charge in [0.25, 0.3) is 0 Å². The van der Waals surface area contributed by atoms with E-state index in [1.807, 2.05) is 33.3 Å². The van der Waals surface area contributed by atoms with Crippen molar-refractivity contribution in [2.45, 2.75) is 51.2 Å². The number of aliphatic hydroxyl groups excluding tert-OH is 1. The quantitative estimate of drug-likeness (QED) is 0.846. The number of nitrogens with zero attached hydrogens (tertiary/aromatic N) is 2. The molecule has 3 unspecified atom stereocenters. The summed E-state index contributed by atoms with van der Waals surface area (Å²) < 4.78 is 2.11. The summed E-state index contributed by atoms with van der Waals surface area (Å²) in [5, 5.41) is 12.9. The van der Waals surface area contributed by atoms with E-state index in [4.69, 9.17) is 0 Å². The van der Waals surface area contributed by atoms with Crippen LogP contribution in [0, 0.1) is 5.92 Å². The maximum absolute atomic E-state index is 12.2. The number of urea groups is 1. The zero-order valence-electron chi connectivity index (χ0n) is 14.0. The average Bonchev–Trinajstić information content (AvgIpc) is 3.06. The van der Waals surface area contributed by atoms with Gasteiger partial charge in [0.05, 0.1) is 6.10 Å². The molecular formula is C17H29N3O2. The molecule has 2 amide bonds. The topological polar surface area (TPSA) is 57.5 Å². The molecular weight excluding hydrogens is 278 g/mol. The number of aromatic nitrogens is 1. The second-order valence-corrected chi connectivity index (χ2v) is 6.64. The Morgan fingerprint density at radius 3 is 2.91 bits per heavy atom. The summed E-state index contributed by atoms with van der Waals surface area (Å²) in [6, 6.07) is 4.25. The normalized spacial score (nSPS) is 22.5. The Morgan fingerprint density at radius 1 is 1.55 bits per heavy atom. The van der Waals surface area contributed by atoms with Crippen molar-refractivity contribution in [3.8, 4) is 0 Å². The number of nitrogens with one attached hydrogen (secondary N) is 1. The molecule has 0 saturated heterocycles. The summed E-state index contributed by atoms with van der Waals surface area (Å²) in [6.07, 6.45) is 6.62. The third kappa shape index (κ3) is 4.50. The summed E-state index contributed by atoms with van der Waals surface area (Å²) in [5.74, 6) is 0.231. The van der Waals surface area contributed by atoms with Gasteiger partial charge in [-0.25, -0.2) is 4.79 Å². The van der Waals surface area contributed by atoms with Crippen LogP contribution >= 0.6 is 0 Å². The molecule has 5 heteroatoms. The Hall–Kier alpha value is -1.49. The Morgan fingerprint density at radius 2 is 2.32 bits per heavy atom. The fraction of sp³-hybridized carbons (Fsp3) is 0.706. The molecule has 124 valence electrons. The Labute approximate surface area is 133 Å². The molecule has 1 aliphatic carbocycles. The van der Waals surface area contributed by atoms with E-state index in [1.54, 1.807) is 4.90 Å². The second kappa shape index (κ2) is 7.68. The summed E-state index contributed by atoms with van der Waals surface area (Å²) in [6.45, 7) is 2.68. The van der Waals surface area contributed by atoms with Crippen molar-refractivity contribution < 1.29 is 9.90 Å². The van der Waals surface area contributed by atoms with Crippen molar-refractivity contribution in [3.63, 3.8) is 0 Å². The lowest BCUT2D eigenvalue weighted by Gasteiger charge is -2.25. The predicted molar refractivity (Wildman–Crippen MR) is 87.7 cm³/mol. The SMILES string of the molecule is CC(CCc1cccn1C)NC(=O)N(C)CC1CCCC1O. The highest BCUT2D eigenvalue weighted by molar-refractivity contribution is 5.74. The number of hydrogen-bond acceptors (Lipinski definition) is 2. The van der Waals surface area contributed by atoms with E-state index in [0.29, 0.717) is 6.54 Å². The second-order valence-electron chi connectivity index (χ2n) is 6.64. The van der Waals surface area contributed by atoms with Crippen LogP contribution in [0.1, 0.15) is 38.3 Å². The smallest absolute Gasteiger partial charge is 0.317 e. The van der Waals surface area contributed by atoms with Gasteiger partial charge in [-0.1, -0.05) is 6.42 Å². The molecule has 0 spiro atoms. The van der Waals surface area contributed by atoms with Crippen LogP contribution in [0.2, 0.25) is 0 Å². The average molecular weight is 307 g/mol. The lowest BCUT2D eigenvalue weighted by atomic mass is 10.1. The number of hydrogen-bond donors (Lipinski definition) is 2. The summed E-state index contributed by atoms with van der Waals surface area (Å²) >= 11 is 0. The maximum atomic E-state index is 12.2. The first-order valence-corrected chi connectivity index (χ1v) is 8.27. The van der Waals surface area contributed by atoms with Crippen LogP contribution in [0.5, 0.6) is 0 Å². The van der Waals surface area contributed by atoms with Gasteiger partial charge in [-0.3, -0.25) is 0 Å². The minimum Gasteiger partial charge on any atom is -0.393 e. The van der Waals surface area contributed by atoms with E-state index in [1.165, 1.54) is 5.69 Å². The molecule has 3 atom stereocenters. The maximum Gasteiger partial charge on any atom is 0.317 e.